The Morgan fingerprint density at radius 3 is 2.55 bits per heavy atom. The van der Waals surface area contributed by atoms with Gasteiger partial charge in [-0.15, -0.1) is 0 Å². The van der Waals surface area contributed by atoms with Crippen LogP contribution < -0.4 is 10.1 Å². The molecule has 0 radical (unpaired) electrons. The van der Waals surface area contributed by atoms with E-state index in [9.17, 15) is 26.7 Å². The van der Waals surface area contributed by atoms with E-state index in [1.54, 1.807) is 6.07 Å². The number of carbonyl (C=O) groups excluding carboxylic acids is 1. The van der Waals surface area contributed by atoms with Gasteiger partial charge in [-0.2, -0.15) is 13.2 Å². The summed E-state index contributed by atoms with van der Waals surface area (Å²) in [6, 6.07) is 3.13. The topological polar surface area (TPSA) is 54.5 Å². The van der Waals surface area contributed by atoms with E-state index in [1.165, 1.54) is 0 Å². The van der Waals surface area contributed by atoms with Crippen molar-refractivity contribution in [2.75, 3.05) is 26.2 Å². The van der Waals surface area contributed by atoms with E-state index in [0.29, 0.717) is 18.8 Å². The maximum absolute atomic E-state index is 12.4. The lowest BCUT2D eigenvalue weighted by atomic mass is 9.84. The van der Waals surface area contributed by atoms with E-state index in [1.807, 2.05) is 6.07 Å². The molecule has 0 aromatic carbocycles. The largest absolute Gasteiger partial charge is 0.472 e. The number of hydrogen-bond donors (Lipinski definition) is 1. The molecule has 1 aromatic heterocycles. The van der Waals surface area contributed by atoms with Crippen molar-refractivity contribution >= 4 is 5.91 Å². The van der Waals surface area contributed by atoms with Crippen LogP contribution >= 0.6 is 0 Å². The van der Waals surface area contributed by atoms with Crippen molar-refractivity contribution in [3.63, 3.8) is 0 Å². The van der Waals surface area contributed by atoms with Crippen LogP contribution in [-0.4, -0.2) is 60.7 Å². The molecule has 3 rings (SSSR count). The molecule has 0 unspecified atom stereocenters. The average Bonchev–Trinajstić information content (AvgIpc) is 2.93. The number of carbonyl (C=O) groups is 1. The lowest BCUT2D eigenvalue weighted by Crippen LogP contribution is -2.44. The predicted octanol–water partition coefficient (Wildman–Crippen LogP) is 3.75. The van der Waals surface area contributed by atoms with Crippen molar-refractivity contribution in [2.24, 2.45) is 5.92 Å². The number of fused-ring (bicyclic) bond motifs is 1. The van der Waals surface area contributed by atoms with Crippen LogP contribution in [0.1, 0.15) is 43.4 Å². The van der Waals surface area contributed by atoms with Crippen molar-refractivity contribution in [2.45, 2.75) is 63.6 Å². The third-order valence-corrected chi connectivity index (χ3v) is 6.06. The predicted molar refractivity (Wildman–Crippen MR) is 104 cm³/mol. The monoisotopic (exact) mass is 449 g/mol. The van der Waals surface area contributed by atoms with Crippen molar-refractivity contribution < 1.29 is 31.5 Å². The zero-order valence-electron chi connectivity index (χ0n) is 17.3. The van der Waals surface area contributed by atoms with E-state index < -0.39 is 31.2 Å². The smallest absolute Gasteiger partial charge is 0.471 e. The molecule has 1 N–H and O–H groups in total. The highest BCUT2D eigenvalue weighted by molar-refractivity contribution is 5.81. The molecule has 0 saturated heterocycles. The number of pyridine rings is 1. The fourth-order valence-corrected chi connectivity index (χ4v) is 4.29. The minimum atomic E-state index is -4.83. The molecule has 174 valence electrons. The molecule has 5 nitrogen and oxygen atoms in total. The highest BCUT2D eigenvalue weighted by Gasteiger charge is 2.40. The molecular formula is C21H28F5N3O2. The summed E-state index contributed by atoms with van der Waals surface area (Å²) in [5.41, 5.74) is 1.99. The second-order valence-corrected chi connectivity index (χ2v) is 8.28. The molecule has 0 bridgehead atoms. The number of aromatic nitrogens is 1. The van der Waals surface area contributed by atoms with E-state index in [0.717, 1.165) is 63.0 Å². The molecule has 1 amide bonds. The number of halogens is 5. The standard InChI is InChI=1S/C21H28F5N3O2/c22-18(23)13-31-19-6-3-15-8-11-29(12-9-17(15)28-19)10-7-14-1-4-16(5-2-14)27-20(30)21(24,25)26/h3,6,14,16,18H,1-2,4-5,7-13H2,(H,27,30)/t14-,16-. The lowest BCUT2D eigenvalue weighted by molar-refractivity contribution is -0.174. The number of nitrogens with zero attached hydrogens (tertiary/aromatic N) is 2. The molecule has 1 aliphatic heterocycles. The fourth-order valence-electron chi connectivity index (χ4n) is 4.29. The summed E-state index contributed by atoms with van der Waals surface area (Å²) in [5, 5.41) is 2.09. The maximum Gasteiger partial charge on any atom is 0.471 e. The van der Waals surface area contributed by atoms with Crippen LogP contribution in [0.15, 0.2) is 12.1 Å². The first-order valence-corrected chi connectivity index (χ1v) is 10.7. The summed E-state index contributed by atoms with van der Waals surface area (Å²) in [6.07, 6.45) is -2.09. The van der Waals surface area contributed by atoms with Gasteiger partial charge in [-0.1, -0.05) is 6.07 Å². The second-order valence-electron chi connectivity index (χ2n) is 8.28. The van der Waals surface area contributed by atoms with Crippen LogP contribution in [0.3, 0.4) is 0 Å². The molecule has 0 spiro atoms. The Kier molecular flexibility index (Phi) is 8.07. The average molecular weight is 449 g/mol. The normalized spacial score (nSPS) is 22.6. The first-order valence-electron chi connectivity index (χ1n) is 10.7. The number of rotatable bonds is 7. The van der Waals surface area contributed by atoms with Gasteiger partial charge in [0.2, 0.25) is 5.88 Å². The molecule has 2 aliphatic rings. The van der Waals surface area contributed by atoms with Crippen LogP contribution in [0, 0.1) is 5.92 Å². The Morgan fingerprint density at radius 2 is 1.87 bits per heavy atom. The van der Waals surface area contributed by atoms with Crippen LogP contribution in [0.4, 0.5) is 22.0 Å². The van der Waals surface area contributed by atoms with Crippen LogP contribution in [0.2, 0.25) is 0 Å². The number of hydrogen-bond acceptors (Lipinski definition) is 4. The summed E-state index contributed by atoms with van der Waals surface area (Å²) in [5.74, 6) is -1.18. The number of ether oxygens (including phenoxy) is 1. The Morgan fingerprint density at radius 1 is 1.16 bits per heavy atom. The van der Waals surface area contributed by atoms with E-state index in [-0.39, 0.29) is 5.88 Å². The van der Waals surface area contributed by atoms with Gasteiger partial charge in [0.15, 0.2) is 6.61 Å². The summed E-state index contributed by atoms with van der Waals surface area (Å²) in [4.78, 5) is 17.8. The van der Waals surface area contributed by atoms with E-state index in [4.69, 9.17) is 4.74 Å². The zero-order valence-corrected chi connectivity index (χ0v) is 17.3. The summed E-state index contributed by atoms with van der Waals surface area (Å²) in [7, 11) is 0. The minimum absolute atomic E-state index is 0.224. The first-order chi connectivity index (χ1) is 14.7. The summed E-state index contributed by atoms with van der Waals surface area (Å²) in [6.45, 7) is 1.92. The molecule has 10 heteroatoms. The maximum atomic E-state index is 12.4. The summed E-state index contributed by atoms with van der Waals surface area (Å²) >= 11 is 0. The minimum Gasteiger partial charge on any atom is -0.472 e. The molecule has 31 heavy (non-hydrogen) atoms. The van der Waals surface area contributed by atoms with Gasteiger partial charge in [0, 0.05) is 37.3 Å². The molecule has 1 fully saturated rings. The number of amides is 1. The highest BCUT2D eigenvalue weighted by Crippen LogP contribution is 2.28. The molecule has 2 heterocycles. The fraction of sp³-hybridized carbons (Fsp3) is 0.714. The van der Waals surface area contributed by atoms with Crippen LogP contribution in [-0.2, 0) is 17.6 Å². The summed E-state index contributed by atoms with van der Waals surface area (Å²) < 4.78 is 66.8. The van der Waals surface area contributed by atoms with Crippen molar-refractivity contribution in [3.8, 4) is 5.88 Å². The highest BCUT2D eigenvalue weighted by atomic mass is 19.4. The van der Waals surface area contributed by atoms with Crippen LogP contribution in [0.5, 0.6) is 5.88 Å². The molecule has 1 saturated carbocycles. The van der Waals surface area contributed by atoms with Gasteiger partial charge in [-0.3, -0.25) is 4.79 Å². The van der Waals surface area contributed by atoms with E-state index in [2.05, 4.69) is 15.2 Å². The Bertz CT molecular complexity index is 736. The van der Waals surface area contributed by atoms with Crippen molar-refractivity contribution in [1.82, 2.24) is 15.2 Å². The van der Waals surface area contributed by atoms with Gasteiger partial charge in [0.25, 0.3) is 6.43 Å². The Balaban J connectivity index is 1.40. The van der Waals surface area contributed by atoms with E-state index >= 15 is 0 Å². The first kappa shape index (κ1) is 23.7. The number of nitrogens with one attached hydrogen (secondary N) is 1. The van der Waals surface area contributed by atoms with Gasteiger partial charge in [-0.05, 0) is 56.6 Å². The second kappa shape index (κ2) is 10.6. The van der Waals surface area contributed by atoms with Crippen molar-refractivity contribution in [1.29, 1.82) is 0 Å². The third-order valence-electron chi connectivity index (χ3n) is 6.06. The Hall–Kier alpha value is -1.97. The van der Waals surface area contributed by atoms with Gasteiger partial charge >= 0.3 is 12.1 Å². The quantitative estimate of drug-likeness (QED) is 0.645. The molecular weight excluding hydrogens is 421 g/mol. The number of alkyl halides is 5. The molecule has 0 atom stereocenters. The third kappa shape index (κ3) is 7.29. The van der Waals surface area contributed by atoms with Gasteiger partial charge in [0.1, 0.15) is 0 Å². The molecule has 1 aliphatic carbocycles. The SMILES string of the molecule is O=C(N[C@H]1CC[C@H](CCN2CCc3ccc(OCC(F)F)nc3CC2)CC1)C(F)(F)F. The molecule has 1 aromatic rings. The van der Waals surface area contributed by atoms with Gasteiger partial charge in [-0.25, -0.2) is 13.8 Å². The lowest BCUT2D eigenvalue weighted by Gasteiger charge is -2.30. The van der Waals surface area contributed by atoms with Crippen LogP contribution in [0.25, 0.3) is 0 Å². The Labute approximate surface area is 178 Å². The zero-order chi connectivity index (χ0) is 22.4. The van der Waals surface area contributed by atoms with Gasteiger partial charge in [0.05, 0.1) is 0 Å². The van der Waals surface area contributed by atoms with Gasteiger partial charge < -0.3 is 15.0 Å². The van der Waals surface area contributed by atoms with Crippen molar-refractivity contribution in [3.05, 3.63) is 23.4 Å².